The number of hydrogen-bond acceptors (Lipinski definition) is 4. The number of carboxylic acids is 1. The number of halogens is 2. The van der Waals surface area contributed by atoms with Crippen LogP contribution in [0.4, 0.5) is 8.78 Å². The quantitative estimate of drug-likeness (QED) is 0.158. The van der Waals surface area contributed by atoms with Crippen molar-refractivity contribution in [2.24, 2.45) is 11.8 Å². The van der Waals surface area contributed by atoms with Crippen LogP contribution in [0.3, 0.4) is 0 Å². The maximum Gasteiger partial charge on any atom is 0.303 e. The van der Waals surface area contributed by atoms with E-state index in [2.05, 4.69) is 33.9 Å². The van der Waals surface area contributed by atoms with E-state index in [-0.39, 0.29) is 42.2 Å². The van der Waals surface area contributed by atoms with Crippen LogP contribution < -0.4 is 0 Å². The second kappa shape index (κ2) is 13.7. The average molecular weight is 509 g/mol. The van der Waals surface area contributed by atoms with Crippen LogP contribution in [0.15, 0.2) is 0 Å². The van der Waals surface area contributed by atoms with Gasteiger partial charge in [-0.15, -0.1) is 0 Å². The number of aliphatic carboxylic acids is 1. The lowest BCUT2D eigenvalue weighted by atomic mass is 9.84. The van der Waals surface area contributed by atoms with Crippen LogP contribution in [0.5, 0.6) is 0 Å². The molecule has 0 unspecified atom stereocenters. The van der Waals surface area contributed by atoms with Crippen LogP contribution in [0.2, 0.25) is 18.1 Å². The number of aliphatic hydroxyl groups is 2. The van der Waals surface area contributed by atoms with Gasteiger partial charge in [0, 0.05) is 12.8 Å². The zero-order valence-electron chi connectivity index (χ0n) is 22.3. The fraction of sp³-hybridized carbons (Fsp3) is 0.962. The van der Waals surface area contributed by atoms with Gasteiger partial charge in [-0.2, -0.15) is 0 Å². The molecule has 0 bridgehead atoms. The molecule has 1 saturated carbocycles. The highest BCUT2D eigenvalue weighted by atomic mass is 28.4. The molecule has 0 heterocycles. The summed E-state index contributed by atoms with van der Waals surface area (Å²) in [6.45, 7) is 12.7. The van der Waals surface area contributed by atoms with Gasteiger partial charge in [-0.3, -0.25) is 4.79 Å². The Balaban J connectivity index is 2.86. The van der Waals surface area contributed by atoms with E-state index in [0.717, 1.165) is 25.7 Å². The summed E-state index contributed by atoms with van der Waals surface area (Å²) in [6.07, 6.45) is 3.38. The summed E-state index contributed by atoms with van der Waals surface area (Å²) in [5.41, 5.74) is 0. The molecule has 1 aliphatic carbocycles. The van der Waals surface area contributed by atoms with Gasteiger partial charge in [-0.05, 0) is 68.5 Å². The van der Waals surface area contributed by atoms with E-state index < -0.39 is 32.4 Å². The Bertz CT molecular complexity index is 608. The van der Waals surface area contributed by atoms with Gasteiger partial charge in [0.15, 0.2) is 8.32 Å². The Morgan fingerprint density at radius 1 is 1.06 bits per heavy atom. The first-order chi connectivity index (χ1) is 15.6. The predicted octanol–water partition coefficient (Wildman–Crippen LogP) is 6.77. The molecule has 0 radical (unpaired) electrons. The SMILES string of the molecule is CCCCC(F)(F)[C@H](O)CC[C@@H]1[C@@H](CCCCCCC(=O)O)[C@@H](O)C[C@H]1O[Si](C)(C)C(C)(C)C. The minimum Gasteiger partial charge on any atom is -0.481 e. The number of alkyl halides is 2. The molecular formula is C26H50F2O5Si. The van der Waals surface area contributed by atoms with E-state index in [1.165, 1.54) is 0 Å². The van der Waals surface area contributed by atoms with E-state index >= 15 is 0 Å². The van der Waals surface area contributed by atoms with Gasteiger partial charge >= 0.3 is 5.97 Å². The zero-order valence-corrected chi connectivity index (χ0v) is 23.3. The number of aliphatic hydroxyl groups excluding tert-OH is 2. The number of hydrogen-bond donors (Lipinski definition) is 3. The summed E-state index contributed by atoms with van der Waals surface area (Å²) in [6, 6.07) is 0. The Labute approximate surface area is 206 Å². The van der Waals surface area contributed by atoms with Crippen molar-refractivity contribution >= 4 is 14.3 Å². The van der Waals surface area contributed by atoms with Crippen molar-refractivity contribution in [2.45, 2.75) is 147 Å². The molecule has 1 fully saturated rings. The van der Waals surface area contributed by atoms with Gasteiger partial charge < -0.3 is 19.7 Å². The highest BCUT2D eigenvalue weighted by molar-refractivity contribution is 6.74. The van der Waals surface area contributed by atoms with Crippen molar-refractivity contribution in [3.63, 3.8) is 0 Å². The molecule has 0 aromatic carbocycles. The van der Waals surface area contributed by atoms with E-state index in [9.17, 15) is 23.8 Å². The molecule has 34 heavy (non-hydrogen) atoms. The van der Waals surface area contributed by atoms with E-state index in [4.69, 9.17) is 9.53 Å². The Morgan fingerprint density at radius 2 is 1.68 bits per heavy atom. The Hall–Kier alpha value is -0.573. The molecule has 5 nitrogen and oxygen atoms in total. The molecule has 0 aromatic rings. The summed E-state index contributed by atoms with van der Waals surface area (Å²) in [5, 5.41) is 30.0. The smallest absolute Gasteiger partial charge is 0.303 e. The van der Waals surface area contributed by atoms with Crippen LogP contribution in [0.25, 0.3) is 0 Å². The third-order valence-electron chi connectivity index (χ3n) is 8.05. The molecule has 5 atom stereocenters. The topological polar surface area (TPSA) is 87.0 Å². The summed E-state index contributed by atoms with van der Waals surface area (Å²) in [4.78, 5) is 10.7. The molecule has 202 valence electrons. The maximum absolute atomic E-state index is 14.4. The Morgan fingerprint density at radius 3 is 2.24 bits per heavy atom. The minimum atomic E-state index is -3.09. The number of rotatable bonds is 16. The lowest BCUT2D eigenvalue weighted by Crippen LogP contribution is -2.45. The first-order valence-electron chi connectivity index (χ1n) is 13.3. The van der Waals surface area contributed by atoms with Crippen LogP contribution in [-0.4, -0.2) is 53.8 Å². The third kappa shape index (κ3) is 9.82. The molecule has 1 rings (SSSR count). The molecule has 0 saturated heterocycles. The van der Waals surface area contributed by atoms with Gasteiger partial charge in [0.2, 0.25) is 0 Å². The third-order valence-corrected chi connectivity index (χ3v) is 12.6. The van der Waals surface area contributed by atoms with E-state index in [1.807, 2.05) is 6.92 Å². The summed E-state index contributed by atoms with van der Waals surface area (Å²) in [5.74, 6) is -4.00. The molecule has 0 aromatic heterocycles. The lowest BCUT2D eigenvalue weighted by Gasteiger charge is -2.40. The molecule has 0 amide bonds. The molecule has 3 N–H and O–H groups in total. The summed E-state index contributed by atoms with van der Waals surface area (Å²) in [7, 11) is -2.12. The first-order valence-corrected chi connectivity index (χ1v) is 16.2. The maximum atomic E-state index is 14.4. The van der Waals surface area contributed by atoms with Crippen LogP contribution in [-0.2, 0) is 9.22 Å². The monoisotopic (exact) mass is 508 g/mol. The van der Waals surface area contributed by atoms with Gasteiger partial charge in [-0.25, -0.2) is 8.78 Å². The van der Waals surface area contributed by atoms with Crippen molar-refractivity contribution in [2.75, 3.05) is 0 Å². The molecule has 1 aliphatic rings. The summed E-state index contributed by atoms with van der Waals surface area (Å²) < 4.78 is 35.5. The molecule has 0 spiro atoms. The molecular weight excluding hydrogens is 458 g/mol. The lowest BCUT2D eigenvalue weighted by molar-refractivity contribution is -0.137. The fourth-order valence-corrected chi connectivity index (χ4v) is 6.18. The standard InChI is InChI=1S/C26H50F2O5Si/c1-7-8-17-26(27,28)23(30)16-15-20-19(13-11-9-10-12-14-24(31)32)21(29)18-22(20)33-34(5,6)25(2,3)4/h19-23,29-30H,7-18H2,1-6H3,(H,31,32)/t19-,20-,21+,22-,23-/m1/s1. The van der Waals surface area contributed by atoms with E-state index in [0.29, 0.717) is 32.1 Å². The normalized spacial score (nSPS) is 25.0. The minimum absolute atomic E-state index is 0.000570. The summed E-state index contributed by atoms with van der Waals surface area (Å²) >= 11 is 0. The van der Waals surface area contributed by atoms with Gasteiger partial charge in [0.25, 0.3) is 5.92 Å². The largest absolute Gasteiger partial charge is 0.481 e. The van der Waals surface area contributed by atoms with Gasteiger partial charge in [0.1, 0.15) is 6.10 Å². The van der Waals surface area contributed by atoms with Crippen molar-refractivity contribution < 1.29 is 33.3 Å². The number of carbonyl (C=O) groups is 1. The Kier molecular flexibility index (Phi) is 12.6. The number of carboxylic acid groups (broad SMARTS) is 1. The van der Waals surface area contributed by atoms with Crippen molar-refractivity contribution in [3.05, 3.63) is 0 Å². The second-order valence-electron chi connectivity index (χ2n) is 11.9. The van der Waals surface area contributed by atoms with Crippen molar-refractivity contribution in [3.8, 4) is 0 Å². The van der Waals surface area contributed by atoms with Crippen molar-refractivity contribution in [1.29, 1.82) is 0 Å². The van der Waals surface area contributed by atoms with Crippen LogP contribution in [0.1, 0.15) is 105 Å². The molecule has 8 heteroatoms. The average Bonchev–Trinajstić information content (AvgIpc) is 2.99. The predicted molar refractivity (Wildman–Crippen MR) is 135 cm³/mol. The van der Waals surface area contributed by atoms with Gasteiger partial charge in [0.05, 0.1) is 12.2 Å². The zero-order chi connectivity index (χ0) is 26.2. The second-order valence-corrected chi connectivity index (χ2v) is 16.6. The highest BCUT2D eigenvalue weighted by Gasteiger charge is 2.48. The first kappa shape index (κ1) is 31.5. The van der Waals surface area contributed by atoms with Gasteiger partial charge in [-0.1, -0.05) is 53.4 Å². The van der Waals surface area contributed by atoms with E-state index in [1.54, 1.807) is 0 Å². The molecule has 0 aliphatic heterocycles. The van der Waals surface area contributed by atoms with Crippen LogP contribution in [0, 0.1) is 11.8 Å². The fourth-order valence-electron chi connectivity index (χ4n) is 4.80. The number of unbranched alkanes of at least 4 members (excludes halogenated alkanes) is 4. The highest BCUT2D eigenvalue weighted by Crippen LogP contribution is 2.46. The van der Waals surface area contributed by atoms with Crippen LogP contribution >= 0.6 is 0 Å². The van der Waals surface area contributed by atoms with Crippen molar-refractivity contribution in [1.82, 2.24) is 0 Å².